The van der Waals surface area contributed by atoms with Gasteiger partial charge in [-0.2, -0.15) is 0 Å². The van der Waals surface area contributed by atoms with Crippen LogP contribution in [0.4, 0.5) is 20.4 Å². The molecule has 0 bridgehead atoms. The summed E-state index contributed by atoms with van der Waals surface area (Å²) in [7, 11) is 0. The summed E-state index contributed by atoms with van der Waals surface area (Å²) < 4.78 is 26.4. The number of nitrogens with zero attached hydrogens (tertiary/aromatic N) is 4. The second-order valence-electron chi connectivity index (χ2n) is 5.50. The molecule has 0 spiro atoms. The highest BCUT2D eigenvalue weighted by atomic mass is 19.3. The maximum Gasteiger partial charge on any atom is 0.258 e. The lowest BCUT2D eigenvalue weighted by atomic mass is 10.2. The molecule has 0 amide bonds. The Morgan fingerprint density at radius 1 is 1.14 bits per heavy atom. The Morgan fingerprint density at radius 2 is 1.90 bits per heavy atom. The molecule has 2 N–H and O–H groups in total. The van der Waals surface area contributed by atoms with E-state index in [4.69, 9.17) is 5.73 Å². The average Bonchev–Trinajstić information content (AvgIpc) is 2.86. The fourth-order valence-electron chi connectivity index (χ4n) is 2.91. The van der Waals surface area contributed by atoms with Crippen molar-refractivity contribution in [2.45, 2.75) is 5.92 Å². The van der Waals surface area contributed by atoms with E-state index >= 15 is 0 Å². The van der Waals surface area contributed by atoms with Crippen molar-refractivity contribution in [3.63, 3.8) is 0 Å². The topological polar surface area (TPSA) is 67.9 Å². The summed E-state index contributed by atoms with van der Waals surface area (Å²) in [6, 6.07) is 5.26. The third kappa shape index (κ3) is 1.91. The standard InChI is InChI=1S/C14H13F2N5/c15-14(16)9-6-21(7-10(9)14)12-2-1-8(5-19-12)13-18-4-3-11(17)20-13/h1-5,9-10H,6-7H2,(H2,17,18,20). The fourth-order valence-corrected chi connectivity index (χ4v) is 2.91. The van der Waals surface area contributed by atoms with Gasteiger partial charge in [0, 0.05) is 31.0 Å². The molecule has 3 heterocycles. The molecule has 2 aromatic rings. The summed E-state index contributed by atoms with van der Waals surface area (Å²) in [6.45, 7) is 0.748. The molecule has 108 valence electrons. The predicted molar refractivity (Wildman–Crippen MR) is 73.8 cm³/mol. The van der Waals surface area contributed by atoms with Crippen molar-refractivity contribution in [1.82, 2.24) is 15.0 Å². The van der Waals surface area contributed by atoms with Gasteiger partial charge in [0.15, 0.2) is 5.82 Å². The number of nitrogens with two attached hydrogens (primary N) is 1. The second-order valence-corrected chi connectivity index (χ2v) is 5.50. The van der Waals surface area contributed by atoms with Crippen molar-refractivity contribution < 1.29 is 8.78 Å². The number of pyridine rings is 1. The van der Waals surface area contributed by atoms with Crippen molar-refractivity contribution in [3.05, 3.63) is 30.6 Å². The zero-order valence-electron chi connectivity index (χ0n) is 11.1. The van der Waals surface area contributed by atoms with Crippen LogP contribution < -0.4 is 10.6 Å². The first-order chi connectivity index (χ1) is 10.1. The van der Waals surface area contributed by atoms with Crippen molar-refractivity contribution in [2.75, 3.05) is 23.7 Å². The van der Waals surface area contributed by atoms with Gasteiger partial charge in [-0.1, -0.05) is 0 Å². The third-order valence-electron chi connectivity index (χ3n) is 4.21. The van der Waals surface area contributed by atoms with Crippen LogP contribution in [0.1, 0.15) is 0 Å². The number of alkyl halides is 2. The Hall–Kier alpha value is -2.31. The maximum absolute atomic E-state index is 13.2. The van der Waals surface area contributed by atoms with Gasteiger partial charge in [0.25, 0.3) is 5.92 Å². The smallest absolute Gasteiger partial charge is 0.258 e. The van der Waals surface area contributed by atoms with Crippen molar-refractivity contribution in [2.24, 2.45) is 11.8 Å². The molecule has 7 heteroatoms. The Bertz CT molecular complexity index is 674. The number of fused-ring (bicyclic) bond motifs is 1. The first-order valence-electron chi connectivity index (χ1n) is 6.73. The molecule has 1 saturated heterocycles. The predicted octanol–water partition coefficient (Wildman–Crippen LogP) is 1.82. The SMILES string of the molecule is Nc1ccnc(-c2ccc(N3CC4C(C3)C4(F)F)nc2)n1. The van der Waals surface area contributed by atoms with E-state index in [9.17, 15) is 8.78 Å². The molecule has 1 saturated carbocycles. The lowest BCUT2D eigenvalue weighted by Crippen LogP contribution is -2.27. The van der Waals surface area contributed by atoms with Gasteiger partial charge < -0.3 is 10.6 Å². The first kappa shape index (κ1) is 12.4. The van der Waals surface area contributed by atoms with Crippen LogP contribution in [0.25, 0.3) is 11.4 Å². The lowest BCUT2D eigenvalue weighted by molar-refractivity contribution is 0.0797. The molecule has 2 atom stereocenters. The molecule has 5 nitrogen and oxygen atoms in total. The largest absolute Gasteiger partial charge is 0.384 e. The maximum atomic E-state index is 13.2. The fraction of sp³-hybridized carbons (Fsp3) is 0.357. The van der Waals surface area contributed by atoms with E-state index in [0.717, 1.165) is 5.56 Å². The summed E-state index contributed by atoms with van der Waals surface area (Å²) in [5, 5.41) is 0. The number of anilines is 2. The summed E-state index contributed by atoms with van der Waals surface area (Å²) >= 11 is 0. The molecular weight excluding hydrogens is 276 g/mol. The van der Waals surface area contributed by atoms with Gasteiger partial charge in [-0.3, -0.25) is 0 Å². The highest BCUT2D eigenvalue weighted by molar-refractivity contribution is 5.58. The normalized spacial score (nSPS) is 25.7. The zero-order valence-corrected chi connectivity index (χ0v) is 11.1. The van der Waals surface area contributed by atoms with Gasteiger partial charge in [0.2, 0.25) is 0 Å². The monoisotopic (exact) mass is 289 g/mol. The molecule has 4 rings (SSSR count). The van der Waals surface area contributed by atoms with Crippen LogP contribution >= 0.6 is 0 Å². The second kappa shape index (κ2) is 4.09. The van der Waals surface area contributed by atoms with Crippen molar-refractivity contribution in [1.29, 1.82) is 0 Å². The number of nitrogen functional groups attached to an aromatic ring is 1. The van der Waals surface area contributed by atoms with E-state index in [1.165, 1.54) is 0 Å². The quantitative estimate of drug-likeness (QED) is 0.913. The van der Waals surface area contributed by atoms with Crippen LogP contribution in [0, 0.1) is 11.8 Å². The Kier molecular flexibility index (Phi) is 2.42. The number of hydrogen-bond acceptors (Lipinski definition) is 5. The molecule has 2 fully saturated rings. The first-order valence-corrected chi connectivity index (χ1v) is 6.73. The summed E-state index contributed by atoms with van der Waals surface area (Å²) in [5.41, 5.74) is 6.37. The van der Waals surface area contributed by atoms with E-state index < -0.39 is 17.8 Å². The van der Waals surface area contributed by atoms with Crippen LogP contribution in [-0.2, 0) is 0 Å². The molecule has 2 unspecified atom stereocenters. The van der Waals surface area contributed by atoms with Crippen LogP contribution in [0.2, 0.25) is 0 Å². The Labute approximate surface area is 119 Å². The van der Waals surface area contributed by atoms with Crippen molar-refractivity contribution >= 4 is 11.6 Å². The van der Waals surface area contributed by atoms with E-state index in [0.29, 0.717) is 30.5 Å². The van der Waals surface area contributed by atoms with Crippen LogP contribution in [0.15, 0.2) is 30.6 Å². The number of halogens is 2. The molecular formula is C14H13F2N5. The molecule has 1 aliphatic heterocycles. The molecule has 0 radical (unpaired) electrons. The number of rotatable bonds is 2. The van der Waals surface area contributed by atoms with E-state index in [1.807, 2.05) is 17.0 Å². The van der Waals surface area contributed by atoms with Gasteiger partial charge in [0.1, 0.15) is 11.6 Å². The number of piperidine rings is 1. The Balaban J connectivity index is 1.53. The minimum atomic E-state index is -2.47. The molecule has 0 aromatic carbocycles. The van der Waals surface area contributed by atoms with E-state index in [-0.39, 0.29) is 0 Å². The van der Waals surface area contributed by atoms with Crippen LogP contribution in [-0.4, -0.2) is 34.0 Å². The molecule has 2 aromatic heterocycles. The van der Waals surface area contributed by atoms with Crippen molar-refractivity contribution in [3.8, 4) is 11.4 Å². The average molecular weight is 289 g/mol. The van der Waals surface area contributed by atoms with Gasteiger partial charge >= 0.3 is 0 Å². The molecule has 1 aliphatic carbocycles. The number of hydrogen-bond donors (Lipinski definition) is 1. The van der Waals surface area contributed by atoms with Gasteiger partial charge in [0.05, 0.1) is 11.8 Å². The molecule has 21 heavy (non-hydrogen) atoms. The lowest BCUT2D eigenvalue weighted by Gasteiger charge is -2.20. The van der Waals surface area contributed by atoms with Gasteiger partial charge in [-0.15, -0.1) is 0 Å². The van der Waals surface area contributed by atoms with Gasteiger partial charge in [-0.25, -0.2) is 23.7 Å². The van der Waals surface area contributed by atoms with Crippen LogP contribution in [0.5, 0.6) is 0 Å². The zero-order chi connectivity index (χ0) is 14.6. The third-order valence-corrected chi connectivity index (χ3v) is 4.21. The molecule has 2 aliphatic rings. The Morgan fingerprint density at radius 3 is 2.52 bits per heavy atom. The van der Waals surface area contributed by atoms with E-state index in [2.05, 4.69) is 15.0 Å². The van der Waals surface area contributed by atoms with Gasteiger partial charge in [-0.05, 0) is 18.2 Å². The summed E-state index contributed by atoms with van der Waals surface area (Å²) in [4.78, 5) is 14.5. The number of aromatic nitrogens is 3. The highest BCUT2D eigenvalue weighted by Gasteiger charge is 2.71. The summed E-state index contributed by atoms with van der Waals surface area (Å²) in [5.74, 6) is -1.86. The van der Waals surface area contributed by atoms with E-state index in [1.54, 1.807) is 18.5 Å². The highest BCUT2D eigenvalue weighted by Crippen LogP contribution is 2.59. The van der Waals surface area contributed by atoms with Crippen LogP contribution in [0.3, 0.4) is 0 Å². The summed E-state index contributed by atoms with van der Waals surface area (Å²) in [6.07, 6.45) is 3.23. The minimum absolute atomic E-state index is 0.374. The minimum Gasteiger partial charge on any atom is -0.384 e.